The van der Waals surface area contributed by atoms with Crippen molar-refractivity contribution in [1.29, 1.82) is 0 Å². The fourth-order valence-electron chi connectivity index (χ4n) is 4.65. The molecule has 1 saturated heterocycles. The van der Waals surface area contributed by atoms with E-state index in [-0.39, 0.29) is 43.0 Å². The first-order valence-electron chi connectivity index (χ1n) is 11.9. The minimum absolute atomic E-state index is 0.0510. The summed E-state index contributed by atoms with van der Waals surface area (Å²) < 4.78 is 34.6. The fourth-order valence-corrected chi connectivity index (χ4v) is 4.65. The number of carbonyl (C=O) groups excluding carboxylic acids is 2. The van der Waals surface area contributed by atoms with E-state index in [0.29, 0.717) is 37.6 Å². The lowest BCUT2D eigenvalue weighted by molar-refractivity contribution is -0.0497. The van der Waals surface area contributed by atoms with Gasteiger partial charge in [-0.1, -0.05) is 6.92 Å². The lowest BCUT2D eigenvalue weighted by Crippen LogP contribution is -2.38. The van der Waals surface area contributed by atoms with Gasteiger partial charge in [0.15, 0.2) is 5.65 Å². The van der Waals surface area contributed by atoms with E-state index in [1.54, 1.807) is 21.8 Å². The second-order valence-electron chi connectivity index (χ2n) is 10.2. The molecule has 1 unspecified atom stereocenters. The number of rotatable bonds is 7. The molecule has 3 fully saturated rings. The van der Waals surface area contributed by atoms with Crippen molar-refractivity contribution in [2.24, 2.45) is 11.3 Å². The molecule has 34 heavy (non-hydrogen) atoms. The predicted octanol–water partition coefficient (Wildman–Crippen LogP) is 3.65. The SMILES string of the molecule is CC1(COC(=O)NC(c2cn3ncc(CN4CCNC4=O)cc3n2)C2CCC(F)(F)CC2)CC1. The molecule has 1 aliphatic heterocycles. The number of fused-ring (bicyclic) bond motifs is 1. The van der Waals surface area contributed by atoms with Crippen LogP contribution >= 0.6 is 0 Å². The van der Waals surface area contributed by atoms with Gasteiger partial charge in [-0.25, -0.2) is 27.9 Å². The average molecular weight is 477 g/mol. The molecule has 5 rings (SSSR count). The Hall–Kier alpha value is -2.98. The molecular weight excluding hydrogens is 446 g/mol. The Morgan fingerprint density at radius 1 is 1.32 bits per heavy atom. The van der Waals surface area contributed by atoms with E-state index in [0.717, 1.165) is 18.4 Å². The maximum Gasteiger partial charge on any atom is 0.407 e. The van der Waals surface area contributed by atoms with E-state index >= 15 is 0 Å². The Morgan fingerprint density at radius 2 is 2.09 bits per heavy atom. The van der Waals surface area contributed by atoms with Crippen LogP contribution in [0.15, 0.2) is 18.5 Å². The zero-order valence-electron chi connectivity index (χ0n) is 19.2. The van der Waals surface area contributed by atoms with Crippen molar-refractivity contribution in [3.8, 4) is 0 Å². The number of urea groups is 1. The normalized spacial score (nSPS) is 22.4. The molecule has 3 amide bonds. The summed E-state index contributed by atoms with van der Waals surface area (Å²) in [6.07, 6.45) is 5.05. The summed E-state index contributed by atoms with van der Waals surface area (Å²) in [6.45, 7) is 4.07. The number of imidazole rings is 1. The van der Waals surface area contributed by atoms with Crippen LogP contribution in [-0.2, 0) is 11.3 Å². The van der Waals surface area contributed by atoms with Gasteiger partial charge in [0.2, 0.25) is 5.92 Å². The topological polar surface area (TPSA) is 101 Å². The Balaban J connectivity index is 1.34. The van der Waals surface area contributed by atoms with Gasteiger partial charge < -0.3 is 20.3 Å². The molecule has 2 N–H and O–H groups in total. The summed E-state index contributed by atoms with van der Waals surface area (Å²) in [4.78, 5) is 30.8. The number of alkyl carbamates (subject to hydrolysis) is 1. The molecule has 0 radical (unpaired) electrons. The molecule has 3 aliphatic rings. The van der Waals surface area contributed by atoms with Gasteiger partial charge in [-0.3, -0.25) is 0 Å². The Kier molecular flexibility index (Phi) is 5.81. The van der Waals surface area contributed by atoms with Gasteiger partial charge in [0.05, 0.1) is 30.7 Å². The van der Waals surface area contributed by atoms with Crippen LogP contribution in [0, 0.1) is 11.3 Å². The molecule has 1 atom stereocenters. The molecule has 9 nitrogen and oxygen atoms in total. The minimum Gasteiger partial charge on any atom is -0.449 e. The predicted molar refractivity (Wildman–Crippen MR) is 118 cm³/mol. The largest absolute Gasteiger partial charge is 0.449 e. The van der Waals surface area contributed by atoms with Gasteiger partial charge in [0, 0.05) is 37.9 Å². The van der Waals surface area contributed by atoms with Gasteiger partial charge in [-0.2, -0.15) is 5.10 Å². The molecule has 2 saturated carbocycles. The number of nitrogens with zero attached hydrogens (tertiary/aromatic N) is 4. The van der Waals surface area contributed by atoms with Crippen molar-refractivity contribution in [3.63, 3.8) is 0 Å². The summed E-state index contributed by atoms with van der Waals surface area (Å²) in [7, 11) is 0. The number of alkyl halides is 2. The molecule has 2 aliphatic carbocycles. The molecule has 11 heteroatoms. The first kappa shape index (κ1) is 22.8. The third-order valence-electron chi connectivity index (χ3n) is 7.19. The van der Waals surface area contributed by atoms with E-state index in [9.17, 15) is 18.4 Å². The van der Waals surface area contributed by atoms with Gasteiger partial charge >= 0.3 is 12.1 Å². The molecular formula is C23H30F2N6O3. The number of nitrogens with one attached hydrogen (secondary N) is 2. The smallest absolute Gasteiger partial charge is 0.407 e. The maximum atomic E-state index is 13.8. The Labute approximate surface area is 196 Å². The number of halogens is 2. The summed E-state index contributed by atoms with van der Waals surface area (Å²) in [5.74, 6) is -2.85. The number of carbonyl (C=O) groups is 2. The van der Waals surface area contributed by atoms with E-state index in [1.165, 1.54) is 0 Å². The average Bonchev–Trinajstić information content (AvgIpc) is 3.19. The van der Waals surface area contributed by atoms with Crippen molar-refractivity contribution >= 4 is 17.8 Å². The zero-order chi connectivity index (χ0) is 23.9. The van der Waals surface area contributed by atoms with Crippen LogP contribution < -0.4 is 10.6 Å². The van der Waals surface area contributed by atoms with Crippen LogP contribution in [0.4, 0.5) is 18.4 Å². The highest BCUT2D eigenvalue weighted by Gasteiger charge is 2.41. The van der Waals surface area contributed by atoms with Crippen LogP contribution in [0.3, 0.4) is 0 Å². The van der Waals surface area contributed by atoms with Crippen LogP contribution in [0.25, 0.3) is 5.65 Å². The van der Waals surface area contributed by atoms with E-state index < -0.39 is 18.1 Å². The number of ether oxygens (including phenoxy) is 1. The zero-order valence-corrected chi connectivity index (χ0v) is 19.2. The van der Waals surface area contributed by atoms with Crippen molar-refractivity contribution in [2.45, 2.75) is 64.0 Å². The summed E-state index contributed by atoms with van der Waals surface area (Å²) in [5.41, 5.74) is 2.02. The lowest BCUT2D eigenvalue weighted by atomic mass is 9.81. The number of hydrogen-bond donors (Lipinski definition) is 2. The number of aromatic nitrogens is 3. The molecule has 0 bridgehead atoms. The first-order valence-corrected chi connectivity index (χ1v) is 11.9. The van der Waals surface area contributed by atoms with Gasteiger partial charge in [0.25, 0.3) is 0 Å². The van der Waals surface area contributed by atoms with Crippen molar-refractivity contribution < 1.29 is 23.1 Å². The van der Waals surface area contributed by atoms with Gasteiger partial charge in [0.1, 0.15) is 0 Å². The summed E-state index contributed by atoms with van der Waals surface area (Å²) in [6, 6.07) is 1.19. The third-order valence-corrected chi connectivity index (χ3v) is 7.19. The van der Waals surface area contributed by atoms with E-state index in [1.807, 2.05) is 6.07 Å². The number of hydrogen-bond acceptors (Lipinski definition) is 5. The molecule has 0 aromatic carbocycles. The van der Waals surface area contributed by atoms with Crippen LogP contribution in [0.2, 0.25) is 0 Å². The third kappa shape index (κ3) is 5.07. The quantitative estimate of drug-likeness (QED) is 0.635. The van der Waals surface area contributed by atoms with Crippen LogP contribution in [-0.4, -0.2) is 57.2 Å². The molecule has 2 aromatic heterocycles. The van der Waals surface area contributed by atoms with Gasteiger partial charge in [-0.15, -0.1) is 0 Å². The fraction of sp³-hybridized carbons (Fsp3) is 0.652. The Bertz CT molecular complexity index is 1080. The monoisotopic (exact) mass is 476 g/mol. The molecule has 2 aromatic rings. The van der Waals surface area contributed by atoms with E-state index in [4.69, 9.17) is 4.74 Å². The van der Waals surface area contributed by atoms with Crippen molar-refractivity contribution in [3.05, 3.63) is 29.7 Å². The maximum absolute atomic E-state index is 13.8. The van der Waals surface area contributed by atoms with Crippen molar-refractivity contribution in [1.82, 2.24) is 30.1 Å². The summed E-state index contributed by atoms with van der Waals surface area (Å²) in [5, 5.41) is 10.1. The number of amides is 3. The highest BCUT2D eigenvalue weighted by molar-refractivity contribution is 5.76. The Morgan fingerprint density at radius 3 is 2.76 bits per heavy atom. The van der Waals surface area contributed by atoms with Crippen LogP contribution in [0.5, 0.6) is 0 Å². The highest BCUT2D eigenvalue weighted by atomic mass is 19.3. The first-order chi connectivity index (χ1) is 16.2. The molecule has 3 heterocycles. The molecule has 0 spiro atoms. The highest BCUT2D eigenvalue weighted by Crippen LogP contribution is 2.45. The van der Waals surface area contributed by atoms with Gasteiger partial charge in [-0.05, 0) is 43.2 Å². The van der Waals surface area contributed by atoms with Crippen molar-refractivity contribution in [2.75, 3.05) is 19.7 Å². The second kappa shape index (κ2) is 8.66. The van der Waals surface area contributed by atoms with Crippen LogP contribution in [0.1, 0.15) is 62.7 Å². The minimum atomic E-state index is -2.67. The van der Waals surface area contributed by atoms with E-state index in [2.05, 4.69) is 27.6 Å². The lowest BCUT2D eigenvalue weighted by Gasteiger charge is -2.33. The summed E-state index contributed by atoms with van der Waals surface area (Å²) >= 11 is 0. The second-order valence-corrected chi connectivity index (χ2v) is 10.2. The standard InChI is InChI=1S/C23H30F2N6O3/c1-22(6-7-22)14-34-21(33)29-19(16-2-4-23(24,25)5-3-16)17-13-31-18(28-17)10-15(11-27-31)12-30-9-8-26-20(30)32/h10-11,13,16,19H,2-9,12,14H2,1H3,(H,26,32)(H,29,33). The molecule has 184 valence electrons.